The number of carbonyl (C=O) groups is 1. The van der Waals surface area contributed by atoms with E-state index in [1.165, 1.54) is 0 Å². The summed E-state index contributed by atoms with van der Waals surface area (Å²) in [6.07, 6.45) is 5.05. The van der Waals surface area contributed by atoms with Crippen molar-refractivity contribution in [3.05, 3.63) is 30.1 Å². The van der Waals surface area contributed by atoms with Crippen LogP contribution in [0.5, 0.6) is 0 Å². The summed E-state index contributed by atoms with van der Waals surface area (Å²) >= 11 is 0. The number of nitrogens with two attached hydrogens (primary N) is 1. The van der Waals surface area contributed by atoms with Crippen molar-refractivity contribution in [1.82, 2.24) is 10.3 Å². The van der Waals surface area contributed by atoms with Crippen molar-refractivity contribution < 1.29 is 4.79 Å². The summed E-state index contributed by atoms with van der Waals surface area (Å²) in [7, 11) is 0. The molecule has 0 bridgehead atoms. The van der Waals surface area contributed by atoms with Crippen LogP contribution in [-0.4, -0.2) is 16.9 Å². The minimum absolute atomic E-state index is 0. The number of carbonyl (C=O) groups excluding carboxylic acids is 1. The van der Waals surface area contributed by atoms with Gasteiger partial charge < -0.3 is 11.1 Å². The lowest BCUT2D eigenvalue weighted by Crippen LogP contribution is -2.40. The quantitative estimate of drug-likeness (QED) is 0.818. The van der Waals surface area contributed by atoms with Gasteiger partial charge in [-0.15, -0.1) is 12.4 Å². The number of pyridine rings is 1. The molecule has 0 radical (unpaired) electrons. The van der Waals surface area contributed by atoms with Gasteiger partial charge in [-0.05, 0) is 24.1 Å². The zero-order chi connectivity index (χ0) is 11.1. The molecule has 1 rings (SSSR count). The average Bonchev–Trinajstić information content (AvgIpc) is 2.27. The molecule has 1 amide bonds. The largest absolute Gasteiger partial charge is 0.351 e. The summed E-state index contributed by atoms with van der Waals surface area (Å²) < 4.78 is 0. The molecule has 3 N–H and O–H groups in total. The zero-order valence-corrected chi connectivity index (χ0v) is 10.2. The third-order valence-electron chi connectivity index (χ3n) is 2.15. The first-order valence-electron chi connectivity index (χ1n) is 5.16. The number of hydrogen-bond acceptors (Lipinski definition) is 3. The number of amides is 1. The fourth-order valence-electron chi connectivity index (χ4n) is 1.26. The van der Waals surface area contributed by atoms with Crippen molar-refractivity contribution in [2.75, 3.05) is 0 Å². The molecule has 1 atom stereocenters. The standard InChI is InChI=1S/C11H17N3O.ClH/c1-2-3-10(12)11(15)14-8-9-4-6-13-7-5-9;/h4-7,10H,2-3,8,12H2,1H3,(H,14,15);1H. The molecule has 16 heavy (non-hydrogen) atoms. The van der Waals surface area contributed by atoms with E-state index < -0.39 is 6.04 Å². The lowest BCUT2D eigenvalue weighted by atomic mass is 10.1. The number of nitrogens with one attached hydrogen (secondary N) is 1. The Morgan fingerprint density at radius 3 is 2.69 bits per heavy atom. The van der Waals surface area contributed by atoms with E-state index in [0.29, 0.717) is 6.54 Å². The van der Waals surface area contributed by atoms with Gasteiger partial charge in [0.15, 0.2) is 0 Å². The van der Waals surface area contributed by atoms with E-state index in [2.05, 4.69) is 10.3 Å². The molecular formula is C11H18ClN3O. The van der Waals surface area contributed by atoms with Crippen LogP contribution in [0.15, 0.2) is 24.5 Å². The molecule has 0 saturated carbocycles. The van der Waals surface area contributed by atoms with Crippen molar-refractivity contribution in [2.45, 2.75) is 32.4 Å². The van der Waals surface area contributed by atoms with E-state index in [1.54, 1.807) is 12.4 Å². The first kappa shape index (κ1) is 14.9. The topological polar surface area (TPSA) is 68.0 Å². The Kier molecular flexibility index (Phi) is 7.50. The van der Waals surface area contributed by atoms with Gasteiger partial charge in [-0.25, -0.2) is 0 Å². The molecule has 0 spiro atoms. The van der Waals surface area contributed by atoms with Gasteiger partial charge in [0.2, 0.25) is 5.91 Å². The first-order chi connectivity index (χ1) is 7.24. The van der Waals surface area contributed by atoms with Crippen LogP contribution in [0.25, 0.3) is 0 Å². The second-order valence-corrected chi connectivity index (χ2v) is 3.47. The van der Waals surface area contributed by atoms with Crippen molar-refractivity contribution in [3.8, 4) is 0 Å². The van der Waals surface area contributed by atoms with Crippen LogP contribution in [0.4, 0.5) is 0 Å². The zero-order valence-electron chi connectivity index (χ0n) is 9.35. The van der Waals surface area contributed by atoms with Gasteiger partial charge >= 0.3 is 0 Å². The molecule has 0 aliphatic carbocycles. The fraction of sp³-hybridized carbons (Fsp3) is 0.455. The van der Waals surface area contributed by atoms with Gasteiger partial charge in [0.1, 0.15) is 0 Å². The van der Waals surface area contributed by atoms with Gasteiger partial charge in [0, 0.05) is 18.9 Å². The van der Waals surface area contributed by atoms with Crippen LogP contribution in [0.3, 0.4) is 0 Å². The summed E-state index contributed by atoms with van der Waals surface area (Å²) in [5, 5.41) is 2.79. The second kappa shape index (κ2) is 8.07. The maximum absolute atomic E-state index is 11.5. The Bertz CT molecular complexity index is 305. The summed E-state index contributed by atoms with van der Waals surface area (Å²) in [5.41, 5.74) is 6.70. The highest BCUT2D eigenvalue weighted by Gasteiger charge is 2.10. The van der Waals surface area contributed by atoms with Crippen LogP contribution in [-0.2, 0) is 11.3 Å². The van der Waals surface area contributed by atoms with Gasteiger partial charge in [-0.3, -0.25) is 9.78 Å². The molecule has 1 heterocycles. The number of halogens is 1. The Morgan fingerprint density at radius 2 is 2.12 bits per heavy atom. The molecule has 0 saturated heterocycles. The molecule has 0 fully saturated rings. The van der Waals surface area contributed by atoms with E-state index in [9.17, 15) is 4.79 Å². The van der Waals surface area contributed by atoms with Crippen LogP contribution >= 0.6 is 12.4 Å². The molecule has 1 aromatic heterocycles. The predicted octanol–water partition coefficient (Wildman–Crippen LogP) is 1.25. The fourth-order valence-corrected chi connectivity index (χ4v) is 1.26. The number of rotatable bonds is 5. The molecule has 90 valence electrons. The van der Waals surface area contributed by atoms with Crippen molar-refractivity contribution in [1.29, 1.82) is 0 Å². The smallest absolute Gasteiger partial charge is 0.237 e. The van der Waals surface area contributed by atoms with Crippen molar-refractivity contribution >= 4 is 18.3 Å². The third-order valence-corrected chi connectivity index (χ3v) is 2.15. The van der Waals surface area contributed by atoms with E-state index in [0.717, 1.165) is 18.4 Å². The molecule has 0 aliphatic rings. The van der Waals surface area contributed by atoms with E-state index >= 15 is 0 Å². The maximum Gasteiger partial charge on any atom is 0.237 e. The highest BCUT2D eigenvalue weighted by Crippen LogP contribution is 1.97. The van der Waals surface area contributed by atoms with Gasteiger partial charge in [0.05, 0.1) is 6.04 Å². The normalized spacial score (nSPS) is 11.4. The van der Waals surface area contributed by atoms with Gasteiger partial charge in [0.25, 0.3) is 0 Å². The van der Waals surface area contributed by atoms with Crippen LogP contribution in [0.1, 0.15) is 25.3 Å². The summed E-state index contributed by atoms with van der Waals surface area (Å²) in [4.78, 5) is 15.4. The molecule has 1 unspecified atom stereocenters. The van der Waals surface area contributed by atoms with Crippen molar-refractivity contribution in [3.63, 3.8) is 0 Å². The second-order valence-electron chi connectivity index (χ2n) is 3.47. The molecule has 0 aromatic carbocycles. The lowest BCUT2D eigenvalue weighted by molar-refractivity contribution is -0.122. The molecule has 5 heteroatoms. The Labute approximate surface area is 102 Å². The number of aromatic nitrogens is 1. The average molecular weight is 244 g/mol. The third kappa shape index (κ3) is 5.09. The van der Waals surface area contributed by atoms with E-state index in [1.807, 2.05) is 19.1 Å². The highest BCUT2D eigenvalue weighted by molar-refractivity contribution is 5.85. The molecular weight excluding hydrogens is 226 g/mol. The SMILES string of the molecule is CCCC(N)C(=O)NCc1ccncc1.Cl. The summed E-state index contributed by atoms with van der Waals surface area (Å²) in [6, 6.07) is 3.34. The van der Waals surface area contributed by atoms with Crippen molar-refractivity contribution in [2.24, 2.45) is 5.73 Å². The molecule has 1 aromatic rings. The monoisotopic (exact) mass is 243 g/mol. The van der Waals surface area contributed by atoms with Gasteiger partial charge in [-0.1, -0.05) is 13.3 Å². The maximum atomic E-state index is 11.5. The number of nitrogens with zero attached hydrogens (tertiary/aromatic N) is 1. The summed E-state index contributed by atoms with van der Waals surface area (Å²) in [6.45, 7) is 2.52. The minimum Gasteiger partial charge on any atom is -0.351 e. The predicted molar refractivity (Wildman–Crippen MR) is 66.2 cm³/mol. The van der Waals surface area contributed by atoms with E-state index in [4.69, 9.17) is 5.73 Å². The molecule has 4 nitrogen and oxygen atoms in total. The lowest BCUT2D eigenvalue weighted by Gasteiger charge is -2.10. The van der Waals surface area contributed by atoms with Crippen LogP contribution < -0.4 is 11.1 Å². The Balaban J connectivity index is 0.00000225. The van der Waals surface area contributed by atoms with E-state index in [-0.39, 0.29) is 18.3 Å². The summed E-state index contributed by atoms with van der Waals surface area (Å²) in [5.74, 6) is -0.0892. The Morgan fingerprint density at radius 1 is 1.50 bits per heavy atom. The first-order valence-corrected chi connectivity index (χ1v) is 5.16. The van der Waals surface area contributed by atoms with Crippen LogP contribution in [0.2, 0.25) is 0 Å². The number of hydrogen-bond donors (Lipinski definition) is 2. The van der Waals surface area contributed by atoms with Crippen LogP contribution in [0, 0.1) is 0 Å². The Hall–Kier alpha value is -1.13. The minimum atomic E-state index is -0.392. The molecule has 0 aliphatic heterocycles. The highest BCUT2D eigenvalue weighted by atomic mass is 35.5. The van der Waals surface area contributed by atoms with Gasteiger partial charge in [-0.2, -0.15) is 0 Å².